The molecule has 0 atom stereocenters. The van der Waals surface area contributed by atoms with Crippen LogP contribution in [0.2, 0.25) is 25.1 Å². The van der Waals surface area contributed by atoms with E-state index >= 15 is 0 Å². The molecule has 0 aliphatic rings. The van der Waals surface area contributed by atoms with Gasteiger partial charge in [-0.3, -0.25) is 26.2 Å². The number of aldehydes is 1. The SMILES string of the molecule is BrB(Br)Br.C.CC(=N)NC(=O)OC(C)(C)C.CO.COc1ccc(Cl)cc1C=O.COc1ccc(Cl)cc1CCl.COc1ccc(Cl)cc1CN=C(NC(=O)OC(C)(C)C)NC(=O)OC(C)(C)C.COc1ccc(Cl)cc1CO.NC(N)=NCc1cc(Cl)ccc1O.O=S(Cl)Cl.[2H]CC.[B].[H-].[Na+]. The molecule has 23 nitrogen and oxygen atoms in total. The van der Waals surface area contributed by atoms with Crippen molar-refractivity contribution in [3.8, 4) is 28.7 Å². The molecular formula is C62H91B2Br3Cl8N8NaO15S. The Kier molecular flexibility index (Phi) is 69.7. The van der Waals surface area contributed by atoms with E-state index in [4.69, 9.17) is 135 Å². The summed E-state index contributed by atoms with van der Waals surface area (Å²) in [6, 6.07) is 25.2. The van der Waals surface area contributed by atoms with E-state index in [2.05, 4.69) is 94.6 Å². The number of alkyl carbamates (subject to hydrolysis) is 3. The zero-order valence-corrected chi connectivity index (χ0v) is 71.4. The van der Waals surface area contributed by atoms with E-state index in [1.165, 1.54) is 27.2 Å². The molecule has 3 radical (unpaired) electrons. The normalized spacial score (nSPS) is 9.60. The number of methoxy groups -OCH3 is 4. The molecule has 0 saturated carbocycles. The van der Waals surface area contributed by atoms with Gasteiger partial charge in [0.2, 0.25) is 15.2 Å². The number of aliphatic imine (C=N–C) groups is 2. The van der Waals surface area contributed by atoms with E-state index in [9.17, 15) is 24.3 Å². The number of amides is 3. The van der Waals surface area contributed by atoms with Gasteiger partial charge in [-0.05, 0) is 160 Å². The van der Waals surface area contributed by atoms with Gasteiger partial charge in [0.05, 0.1) is 65.4 Å². The third kappa shape index (κ3) is 65.0. The number of halogens is 11. The molecule has 0 spiro atoms. The Labute approximate surface area is 682 Å². The fourth-order valence-corrected chi connectivity index (χ4v) is 6.95. The summed E-state index contributed by atoms with van der Waals surface area (Å²) in [5.74, 6) is 3.07. The Balaban J connectivity index is -0.000000145. The molecule has 0 aromatic heterocycles. The first-order valence-corrected chi connectivity index (χ1v) is 35.3. The molecule has 3 amide bonds. The zero-order valence-electron chi connectivity index (χ0n) is 59.8. The van der Waals surface area contributed by atoms with Crippen molar-refractivity contribution in [2.45, 2.75) is 133 Å². The minimum Gasteiger partial charge on any atom is -1.00 e. The van der Waals surface area contributed by atoms with Crippen molar-refractivity contribution >= 4 is 201 Å². The van der Waals surface area contributed by atoms with Crippen molar-refractivity contribution in [2.75, 3.05) is 35.5 Å². The number of aromatic hydroxyl groups is 1. The number of rotatable bonds is 11. The van der Waals surface area contributed by atoms with Crippen LogP contribution < -0.4 is 75.9 Å². The number of nitrogens with one attached hydrogen (secondary N) is 4. The van der Waals surface area contributed by atoms with Crippen molar-refractivity contribution < 1.29 is 104 Å². The summed E-state index contributed by atoms with van der Waals surface area (Å²) in [6.45, 7) is 19.7. The fourth-order valence-electron chi connectivity index (χ4n) is 5.78. The van der Waals surface area contributed by atoms with Crippen LogP contribution in [-0.2, 0) is 49.0 Å². The zero-order chi connectivity index (χ0) is 77.1. The molecule has 5 aromatic carbocycles. The van der Waals surface area contributed by atoms with Gasteiger partial charge in [0.1, 0.15) is 45.6 Å². The number of benzene rings is 5. The number of hydrogen-bond donors (Lipinski definition) is 9. The number of nitrogens with zero attached hydrogens (tertiary/aromatic N) is 2. The number of alkyl halides is 1. The molecule has 0 aliphatic carbocycles. The maximum Gasteiger partial charge on any atom is 1.00 e. The summed E-state index contributed by atoms with van der Waals surface area (Å²) in [7, 11) is 14.6. The Morgan fingerprint density at radius 1 is 0.630 bits per heavy atom. The number of aliphatic hydroxyl groups is 2. The summed E-state index contributed by atoms with van der Waals surface area (Å²) in [6.07, 6.45) is -1.39. The van der Waals surface area contributed by atoms with Crippen LogP contribution in [0.15, 0.2) is 101 Å². The summed E-state index contributed by atoms with van der Waals surface area (Å²) >= 11 is 43.7. The van der Waals surface area contributed by atoms with Gasteiger partial charge in [-0.2, -0.15) is 0 Å². The molecule has 0 bridgehead atoms. The molecule has 100 heavy (non-hydrogen) atoms. The second-order valence-corrected chi connectivity index (χ2v) is 31.7. The number of amidine groups is 1. The molecule has 0 aliphatic heterocycles. The number of nitrogens with two attached hydrogens (primary N) is 2. The number of guanidine groups is 2. The van der Waals surface area contributed by atoms with E-state index < -0.39 is 44.3 Å². The van der Waals surface area contributed by atoms with Crippen LogP contribution >= 0.6 is 138 Å². The molecule has 0 saturated heterocycles. The van der Waals surface area contributed by atoms with Crippen LogP contribution in [0.4, 0.5) is 14.4 Å². The first-order chi connectivity index (χ1) is 45.4. The largest absolute Gasteiger partial charge is 1.00 e. The van der Waals surface area contributed by atoms with Crippen molar-refractivity contribution in [2.24, 2.45) is 21.5 Å². The second kappa shape index (κ2) is 63.6. The third-order valence-electron chi connectivity index (χ3n) is 9.17. The summed E-state index contributed by atoms with van der Waals surface area (Å²) in [5, 5.41) is 42.0. The second-order valence-electron chi connectivity index (χ2n) is 20.3. The predicted octanol–water partition coefficient (Wildman–Crippen LogP) is 14.9. The van der Waals surface area contributed by atoms with Crippen molar-refractivity contribution in [1.82, 2.24) is 16.0 Å². The van der Waals surface area contributed by atoms with Gasteiger partial charge >= 0.3 is 51.0 Å². The number of carbonyl (C=O) groups excluding carboxylic acids is 4. The number of ether oxygens (including phenoxy) is 7. The Morgan fingerprint density at radius 2 is 0.920 bits per heavy atom. The number of phenols is 1. The number of aliphatic hydroxyl groups excluding tert-OH is 2. The summed E-state index contributed by atoms with van der Waals surface area (Å²) in [4.78, 5) is 53.3. The van der Waals surface area contributed by atoms with Gasteiger partial charge in [-0.15, -0.1) is 58.9 Å². The van der Waals surface area contributed by atoms with Gasteiger partial charge in [-0.25, -0.2) is 28.6 Å². The maximum absolute atomic E-state index is 12.1. The molecule has 5 aromatic rings. The average molecular weight is 1790 g/mol. The maximum atomic E-state index is 12.1. The van der Waals surface area contributed by atoms with E-state index in [-0.39, 0.29) is 93.2 Å². The van der Waals surface area contributed by atoms with E-state index in [0.717, 1.165) is 18.4 Å². The Hall–Kier alpha value is -3.85. The van der Waals surface area contributed by atoms with Crippen LogP contribution in [0.5, 0.6) is 28.7 Å². The van der Waals surface area contributed by atoms with Crippen molar-refractivity contribution in [1.29, 1.82) is 5.41 Å². The first-order valence-electron chi connectivity index (χ1n) is 28.1. The Morgan fingerprint density at radius 3 is 1.24 bits per heavy atom. The Bertz CT molecular complexity index is 3160. The molecule has 0 heterocycles. The van der Waals surface area contributed by atoms with Crippen molar-refractivity contribution in [3.63, 3.8) is 0 Å². The minimum absolute atomic E-state index is 0. The van der Waals surface area contributed by atoms with Gasteiger partial charge in [-0.1, -0.05) is 79.3 Å². The average Bonchev–Trinajstić information content (AvgIpc) is 0.894. The first kappa shape index (κ1) is 110. The predicted molar refractivity (Wildman–Crippen MR) is 424 cm³/mol. The molecule has 0 unspecified atom stereocenters. The van der Waals surface area contributed by atoms with E-state index in [1.807, 2.05) is 0 Å². The minimum atomic E-state index is -1.67. The summed E-state index contributed by atoms with van der Waals surface area (Å²) in [5.41, 5.74) is 11.7. The van der Waals surface area contributed by atoms with Crippen LogP contribution in [0, 0.1) is 5.41 Å². The summed E-state index contributed by atoms with van der Waals surface area (Å²) < 4.78 is 51.0. The number of carbonyl (C=O) groups is 4. The monoisotopic (exact) mass is 1780 g/mol. The number of hydrogen-bond acceptors (Lipinski definition) is 18. The standard InChI is InChI=1S/C19H28ClN3O5.C8H8Cl2O.C8H10ClN3O.C8H9ClO2.C8H7ClO2.C7H14N2O2.C2H6.CH4O.CH4.BBr3.B.Cl2OS.Na.H/c1-18(2,3)27-16(24)22-15(23-17(25)28-19(4,5)6)21-11-12-10-13(20)8-9-14(12)26-7;1-11-8-3-2-7(10)4-6(8)5-9;9-6-1-2-7(13)5(3-6)4-12-8(10)11;2*1-11-8-3-2-7(9)4-6(8)5-10;1-5(8)9-6(10)11-7(2,3)4;2*1-2;;2-1(3)4;;1-4(2)3;;/h8-10H,11H2,1-7H3,(H2,21,22,23,24,25);2-4H,5H2,1H3;1-3,13H,4H2,(H4,10,11,12);2-4,10H,5H2,1H3;2-5H,1H3;1-4H3,(H2,8,9,10);1-2H3;2H,1H3;1H4;;;;;/q;;;;;;;;;;;;+1;-1/i;;;;;;1D;;;;;;;. The smallest absolute Gasteiger partial charge is 1.00 e. The quantitative estimate of drug-likeness (QED) is 0.0113. The number of phenolic OH excluding ortho intramolecular Hbond substituents is 1. The van der Waals surface area contributed by atoms with Gasteiger partial charge in [0.15, 0.2) is 12.2 Å². The molecule has 559 valence electrons. The molecule has 38 heteroatoms. The van der Waals surface area contributed by atoms with Crippen LogP contribution in [0.1, 0.15) is 126 Å². The van der Waals surface area contributed by atoms with E-state index in [0.29, 0.717) is 83.7 Å². The third-order valence-corrected chi connectivity index (χ3v) is 10.6. The fraction of sp³-hybridized carbons (Fsp3) is 0.403. The topological polar surface area (TPSA) is 347 Å². The molecule has 11 N–H and O–H groups in total. The van der Waals surface area contributed by atoms with Crippen LogP contribution in [0.3, 0.4) is 0 Å². The molecule has 5 rings (SSSR count). The van der Waals surface area contributed by atoms with Gasteiger partial charge in [0, 0.05) is 85.6 Å². The molecule has 0 fully saturated rings. The van der Waals surface area contributed by atoms with E-state index in [1.54, 1.807) is 168 Å². The van der Waals surface area contributed by atoms with Gasteiger partial charge in [0.25, 0.3) is 0 Å². The van der Waals surface area contributed by atoms with Crippen molar-refractivity contribution in [3.05, 3.63) is 144 Å². The molecular weight excluding hydrogens is 1700 g/mol. The van der Waals surface area contributed by atoms with Crippen LogP contribution in [-0.4, -0.2) is 126 Å². The van der Waals surface area contributed by atoms with Gasteiger partial charge < -0.3 is 61.4 Å². The van der Waals surface area contributed by atoms with Crippen LogP contribution in [0.25, 0.3) is 0 Å².